The SMILES string of the molecule is OC[C@H]1O[C@H](OC2CC3C(O)CC(O)CC3[OH+]C2C2CCC(O)CC2)[C@H](O)[C@H](O)[C@H]1O. The van der Waals surface area contributed by atoms with Crippen molar-refractivity contribution >= 4 is 0 Å². The van der Waals surface area contributed by atoms with Crippen LogP contribution >= 0.6 is 0 Å². The van der Waals surface area contributed by atoms with Crippen molar-refractivity contribution in [1.29, 1.82) is 0 Å². The summed E-state index contributed by atoms with van der Waals surface area (Å²) < 4.78 is 16.7. The van der Waals surface area contributed by atoms with Crippen LogP contribution in [0.4, 0.5) is 0 Å². The van der Waals surface area contributed by atoms with Gasteiger partial charge in [0.1, 0.15) is 30.5 Å². The topological polar surface area (TPSA) is 173 Å². The molecule has 4 fully saturated rings. The molecule has 11 atom stereocenters. The Bertz CT molecular complexity index is 583. The zero-order valence-corrected chi connectivity index (χ0v) is 17.6. The molecule has 0 radical (unpaired) electrons. The van der Waals surface area contributed by atoms with Gasteiger partial charge in [-0.05, 0) is 32.1 Å². The van der Waals surface area contributed by atoms with Crippen molar-refractivity contribution in [3.63, 3.8) is 0 Å². The van der Waals surface area contributed by atoms with Crippen LogP contribution < -0.4 is 0 Å². The predicted octanol–water partition coefficient (Wildman–Crippen LogP) is -2.48. The van der Waals surface area contributed by atoms with Crippen molar-refractivity contribution in [2.45, 2.75) is 112 Å². The van der Waals surface area contributed by atoms with Crippen LogP contribution in [0.1, 0.15) is 44.9 Å². The molecule has 2 saturated heterocycles. The molecular weight excluding hydrogens is 412 g/mol. The third-order valence-corrected chi connectivity index (χ3v) is 7.65. The van der Waals surface area contributed by atoms with Gasteiger partial charge in [-0.1, -0.05) is 0 Å². The standard InChI is InChI=1S/C21H36O10/c22-8-16-17(26)18(27)19(28)21(31-16)30-15-7-12-13(25)5-11(24)6-14(12)29-20(15)9-1-3-10(23)4-2-9/h9-28H,1-8H2/p+1/t9?,10?,11?,12?,13?,14?,15?,16-,17+,18-,19-,20?,21+/m1/s1. The van der Waals surface area contributed by atoms with Gasteiger partial charge in [0.25, 0.3) is 0 Å². The lowest BCUT2D eigenvalue weighted by Crippen LogP contribution is -2.62. The molecule has 2 saturated carbocycles. The van der Waals surface area contributed by atoms with E-state index in [1.165, 1.54) is 0 Å². The molecule has 2 aliphatic heterocycles. The van der Waals surface area contributed by atoms with Crippen molar-refractivity contribution < 1.29 is 50.0 Å². The second kappa shape index (κ2) is 9.84. The Morgan fingerprint density at radius 1 is 0.806 bits per heavy atom. The summed E-state index contributed by atoms with van der Waals surface area (Å²) in [5, 5.41) is 70.6. The maximum absolute atomic E-state index is 10.5. The average Bonchev–Trinajstić information content (AvgIpc) is 2.74. The number of ether oxygens (including phenoxy) is 3. The maximum Gasteiger partial charge on any atom is 0.187 e. The highest BCUT2D eigenvalue weighted by Crippen LogP contribution is 2.42. The first kappa shape index (κ1) is 23.7. The minimum Gasteiger partial charge on any atom is -0.427 e. The van der Waals surface area contributed by atoms with Crippen molar-refractivity contribution in [1.82, 2.24) is 0 Å². The monoisotopic (exact) mass is 449 g/mol. The van der Waals surface area contributed by atoms with Gasteiger partial charge in [0, 0.05) is 18.8 Å². The summed E-state index contributed by atoms with van der Waals surface area (Å²) in [4.78, 5) is 0. The van der Waals surface area contributed by atoms with Gasteiger partial charge in [-0.3, -0.25) is 0 Å². The zero-order valence-electron chi connectivity index (χ0n) is 17.6. The minimum absolute atomic E-state index is 0.149. The van der Waals surface area contributed by atoms with Crippen LogP contribution in [0.25, 0.3) is 0 Å². The predicted molar refractivity (Wildman–Crippen MR) is 106 cm³/mol. The Kier molecular flexibility index (Phi) is 7.54. The summed E-state index contributed by atoms with van der Waals surface area (Å²) in [7, 11) is 0. The molecule has 0 amide bonds. The van der Waals surface area contributed by atoms with Gasteiger partial charge in [0.05, 0.1) is 30.8 Å². The van der Waals surface area contributed by atoms with E-state index >= 15 is 0 Å². The molecule has 2 aliphatic carbocycles. The van der Waals surface area contributed by atoms with Gasteiger partial charge in [-0.15, -0.1) is 0 Å². The molecule has 180 valence electrons. The van der Waals surface area contributed by atoms with Crippen molar-refractivity contribution in [2.24, 2.45) is 11.8 Å². The molecule has 8 N–H and O–H groups in total. The summed E-state index contributed by atoms with van der Waals surface area (Å²) in [5.41, 5.74) is 0. The Balaban J connectivity index is 1.52. The molecule has 31 heavy (non-hydrogen) atoms. The third-order valence-electron chi connectivity index (χ3n) is 7.65. The molecule has 2 heterocycles. The lowest BCUT2D eigenvalue weighted by atomic mass is 9.73. The van der Waals surface area contributed by atoms with Crippen molar-refractivity contribution in [2.75, 3.05) is 6.61 Å². The van der Waals surface area contributed by atoms with Crippen LogP contribution in [-0.4, -0.2) is 114 Å². The number of fused-ring (bicyclic) bond motifs is 1. The minimum atomic E-state index is -1.53. The first-order valence-electron chi connectivity index (χ1n) is 11.5. The average molecular weight is 450 g/mol. The lowest BCUT2D eigenvalue weighted by Gasteiger charge is -2.48. The summed E-state index contributed by atoms with van der Waals surface area (Å²) in [5.74, 6) is -0.0424. The van der Waals surface area contributed by atoms with Crippen LogP contribution in [0.15, 0.2) is 0 Å². The second-order valence-corrected chi connectivity index (χ2v) is 9.74. The first-order chi connectivity index (χ1) is 14.8. The summed E-state index contributed by atoms with van der Waals surface area (Å²) >= 11 is 0. The Morgan fingerprint density at radius 3 is 2.19 bits per heavy atom. The van der Waals surface area contributed by atoms with Crippen LogP contribution in [0, 0.1) is 11.8 Å². The molecule has 0 aromatic rings. The second-order valence-electron chi connectivity index (χ2n) is 9.74. The lowest BCUT2D eigenvalue weighted by molar-refractivity contribution is -0.355. The van der Waals surface area contributed by atoms with E-state index in [-0.39, 0.29) is 36.6 Å². The zero-order chi connectivity index (χ0) is 22.3. The van der Waals surface area contributed by atoms with Crippen molar-refractivity contribution in [3.8, 4) is 0 Å². The van der Waals surface area contributed by atoms with E-state index in [1.54, 1.807) is 0 Å². The molecule has 10 nitrogen and oxygen atoms in total. The summed E-state index contributed by atoms with van der Waals surface area (Å²) in [6.07, 6.45) is -5.29. The van der Waals surface area contributed by atoms with Crippen LogP contribution in [-0.2, 0) is 9.47 Å². The third kappa shape index (κ3) is 4.93. The molecular formula is C21H37O10+. The molecule has 10 heteroatoms. The van der Waals surface area contributed by atoms with E-state index in [9.17, 15) is 35.7 Å². The number of rotatable bonds is 4. The number of aliphatic hydroxyl groups is 9. The number of hydrogen-bond acceptors (Lipinski definition) is 9. The highest BCUT2D eigenvalue weighted by atomic mass is 16.7. The van der Waals surface area contributed by atoms with Crippen LogP contribution in [0.3, 0.4) is 0 Å². The molecule has 4 aliphatic rings. The van der Waals surface area contributed by atoms with E-state index in [2.05, 4.69) is 0 Å². The quantitative estimate of drug-likeness (QED) is 0.229. The number of hydrogen-bond donors (Lipinski definition) is 7. The molecule has 0 spiro atoms. The van der Waals surface area contributed by atoms with E-state index in [0.29, 0.717) is 25.7 Å². The summed E-state index contributed by atoms with van der Waals surface area (Å²) in [6.45, 7) is -0.537. The fourth-order valence-corrected chi connectivity index (χ4v) is 5.83. The molecule has 0 aromatic heterocycles. The molecule has 6 unspecified atom stereocenters. The maximum atomic E-state index is 10.5. The molecule has 4 rings (SSSR count). The first-order valence-corrected chi connectivity index (χ1v) is 11.5. The van der Waals surface area contributed by atoms with E-state index < -0.39 is 55.6 Å². The Labute approximate surface area is 181 Å². The van der Waals surface area contributed by atoms with Gasteiger partial charge in [-0.25, -0.2) is 0 Å². The summed E-state index contributed by atoms with van der Waals surface area (Å²) in [6, 6.07) is 0. The Hall–Kier alpha value is -0.400. The van der Waals surface area contributed by atoms with E-state index in [1.807, 2.05) is 0 Å². The van der Waals surface area contributed by atoms with Gasteiger partial charge in [-0.2, -0.15) is 0 Å². The van der Waals surface area contributed by atoms with Crippen molar-refractivity contribution in [3.05, 3.63) is 0 Å². The molecule has 0 aromatic carbocycles. The normalized spacial score (nSPS) is 53.7. The van der Waals surface area contributed by atoms with Gasteiger partial charge >= 0.3 is 0 Å². The van der Waals surface area contributed by atoms with Crippen LogP contribution in [0.5, 0.6) is 0 Å². The highest BCUT2D eigenvalue weighted by Gasteiger charge is 2.54. The molecule has 0 bridgehead atoms. The Morgan fingerprint density at radius 2 is 1.52 bits per heavy atom. The largest absolute Gasteiger partial charge is 0.427 e. The fraction of sp³-hybridized carbons (Fsp3) is 1.00. The van der Waals surface area contributed by atoms with Gasteiger partial charge < -0.3 is 50.0 Å². The van der Waals surface area contributed by atoms with Gasteiger partial charge in [0.15, 0.2) is 18.5 Å². The number of aliphatic hydroxyl groups excluding tert-OH is 7. The van der Waals surface area contributed by atoms with E-state index in [4.69, 9.17) is 14.2 Å². The smallest absolute Gasteiger partial charge is 0.187 e. The van der Waals surface area contributed by atoms with Crippen LogP contribution in [0.2, 0.25) is 0 Å². The fourth-order valence-electron chi connectivity index (χ4n) is 5.83. The van der Waals surface area contributed by atoms with Gasteiger partial charge in [0.2, 0.25) is 0 Å². The highest BCUT2D eigenvalue weighted by molar-refractivity contribution is 4.97. The van der Waals surface area contributed by atoms with E-state index in [0.717, 1.165) is 12.8 Å².